The van der Waals surface area contributed by atoms with Crippen LogP contribution in [0.3, 0.4) is 0 Å². The number of halogens is 3. The van der Waals surface area contributed by atoms with Gasteiger partial charge < -0.3 is 9.47 Å². The van der Waals surface area contributed by atoms with Crippen LogP contribution in [0.4, 0.5) is 13.2 Å². The van der Waals surface area contributed by atoms with E-state index in [0.29, 0.717) is 30.6 Å². The first-order chi connectivity index (χ1) is 13.2. The second-order valence-electron chi connectivity index (χ2n) is 9.06. The number of carbonyl (C=O) groups excluding carboxylic acids is 2. The van der Waals surface area contributed by atoms with Crippen molar-refractivity contribution >= 4 is 11.9 Å². The van der Waals surface area contributed by atoms with Crippen molar-refractivity contribution < 1.29 is 32.2 Å². The van der Waals surface area contributed by atoms with Gasteiger partial charge in [-0.1, -0.05) is 19.1 Å². The van der Waals surface area contributed by atoms with Gasteiger partial charge in [-0.2, -0.15) is 13.2 Å². The van der Waals surface area contributed by atoms with Gasteiger partial charge in [0.25, 0.3) is 0 Å². The molecule has 7 heteroatoms. The Hall–Kier alpha value is -1.53. The molecule has 3 saturated carbocycles. The van der Waals surface area contributed by atoms with Crippen molar-refractivity contribution in [2.75, 3.05) is 0 Å². The number of rotatable bonds is 6. The van der Waals surface area contributed by atoms with E-state index in [-0.39, 0.29) is 18.3 Å². The molecule has 0 amide bonds. The summed E-state index contributed by atoms with van der Waals surface area (Å²) in [5.41, 5.74) is -0.493. The second kappa shape index (κ2) is 7.06. The van der Waals surface area contributed by atoms with Crippen LogP contribution in [0.2, 0.25) is 0 Å². The standard InChI is InChI=1S/C21H27F3O4/c1-2-20(11-13-4-6-15(20)8-13)28-18(25)10-17(27-19(26)21(22,23)24)16-9-12-3-5-14(16)7-12/h3,5,12-17H,2,4,6-11H2,1H3. The highest BCUT2D eigenvalue weighted by atomic mass is 19.4. The Bertz CT molecular complexity index is 673. The van der Waals surface area contributed by atoms with Crippen LogP contribution in [-0.4, -0.2) is 29.8 Å². The van der Waals surface area contributed by atoms with E-state index in [9.17, 15) is 22.8 Å². The fourth-order valence-electron chi connectivity index (χ4n) is 6.19. The third kappa shape index (κ3) is 3.57. The average molecular weight is 400 g/mol. The molecule has 0 aromatic carbocycles. The van der Waals surface area contributed by atoms with E-state index in [1.165, 1.54) is 0 Å². The molecule has 0 aromatic rings. The van der Waals surface area contributed by atoms with Crippen LogP contribution in [0.1, 0.15) is 58.3 Å². The maximum Gasteiger partial charge on any atom is 0.490 e. The van der Waals surface area contributed by atoms with Crippen molar-refractivity contribution in [1.82, 2.24) is 0 Å². The molecule has 0 aliphatic heterocycles. The van der Waals surface area contributed by atoms with E-state index in [1.807, 2.05) is 13.0 Å². The van der Waals surface area contributed by atoms with Crippen molar-refractivity contribution in [2.45, 2.75) is 76.2 Å². The minimum absolute atomic E-state index is 0.0615. The predicted octanol–water partition coefficient (Wildman–Crippen LogP) is 4.57. The van der Waals surface area contributed by atoms with Gasteiger partial charge in [0.2, 0.25) is 0 Å². The number of allylic oxidation sites excluding steroid dienone is 2. The average Bonchev–Trinajstić information content (AvgIpc) is 3.40. The Balaban J connectivity index is 1.45. The lowest BCUT2D eigenvalue weighted by molar-refractivity contribution is -0.209. The first-order valence-corrected chi connectivity index (χ1v) is 10.4. The number of esters is 2. The highest BCUT2D eigenvalue weighted by Crippen LogP contribution is 2.54. The Morgan fingerprint density at radius 1 is 1.18 bits per heavy atom. The van der Waals surface area contributed by atoms with E-state index in [0.717, 1.165) is 32.1 Å². The maximum absolute atomic E-state index is 12.8. The SMILES string of the molecule is CCC1(OC(=O)CC(OC(=O)C(F)(F)F)C2CC3C=CC2C3)CC2CCC1C2. The van der Waals surface area contributed by atoms with Gasteiger partial charge in [-0.3, -0.25) is 4.79 Å². The van der Waals surface area contributed by atoms with Gasteiger partial charge in [0.05, 0.1) is 6.42 Å². The number of carbonyl (C=O) groups is 2. The molecule has 7 atom stereocenters. The highest BCUT2D eigenvalue weighted by molar-refractivity contribution is 5.77. The summed E-state index contributed by atoms with van der Waals surface area (Å²) in [6.45, 7) is 2.00. The van der Waals surface area contributed by atoms with Crippen LogP contribution in [0, 0.1) is 29.6 Å². The molecule has 156 valence electrons. The number of ether oxygens (including phenoxy) is 2. The first-order valence-electron chi connectivity index (χ1n) is 10.4. The van der Waals surface area contributed by atoms with Crippen molar-refractivity contribution in [3.63, 3.8) is 0 Å². The molecule has 4 nitrogen and oxygen atoms in total. The zero-order chi connectivity index (χ0) is 20.1. The molecule has 0 N–H and O–H groups in total. The van der Waals surface area contributed by atoms with E-state index in [4.69, 9.17) is 9.47 Å². The molecular weight excluding hydrogens is 373 g/mol. The molecule has 0 aromatic heterocycles. The van der Waals surface area contributed by atoms with Crippen molar-refractivity contribution in [1.29, 1.82) is 0 Å². The summed E-state index contributed by atoms with van der Waals surface area (Å²) in [7, 11) is 0. The summed E-state index contributed by atoms with van der Waals surface area (Å²) in [6, 6.07) is 0. The summed E-state index contributed by atoms with van der Waals surface area (Å²) >= 11 is 0. The summed E-state index contributed by atoms with van der Waals surface area (Å²) in [5.74, 6) is -1.74. The normalized spacial score (nSPS) is 39.4. The second-order valence-corrected chi connectivity index (χ2v) is 9.06. The third-order valence-electron chi connectivity index (χ3n) is 7.50. The minimum atomic E-state index is -5.06. The largest absolute Gasteiger partial charge is 0.490 e. The smallest absolute Gasteiger partial charge is 0.459 e. The molecule has 4 aliphatic rings. The van der Waals surface area contributed by atoms with Gasteiger partial charge in [0.15, 0.2) is 0 Å². The number of hydrogen-bond donors (Lipinski definition) is 0. The van der Waals surface area contributed by atoms with Crippen LogP contribution in [0.25, 0.3) is 0 Å². The van der Waals surface area contributed by atoms with Crippen LogP contribution in [0.5, 0.6) is 0 Å². The van der Waals surface area contributed by atoms with Crippen LogP contribution in [0.15, 0.2) is 12.2 Å². The topological polar surface area (TPSA) is 52.6 Å². The van der Waals surface area contributed by atoms with Crippen molar-refractivity contribution in [3.05, 3.63) is 12.2 Å². The number of fused-ring (bicyclic) bond motifs is 4. The Kier molecular flexibility index (Phi) is 4.99. The molecule has 7 unspecified atom stereocenters. The quantitative estimate of drug-likeness (QED) is 0.484. The lowest BCUT2D eigenvalue weighted by Crippen LogP contribution is -2.42. The molecule has 0 heterocycles. The van der Waals surface area contributed by atoms with E-state index < -0.39 is 29.8 Å². The Morgan fingerprint density at radius 3 is 2.46 bits per heavy atom. The molecule has 0 spiro atoms. The van der Waals surface area contributed by atoms with Gasteiger partial charge in [-0.25, -0.2) is 4.79 Å². The lowest BCUT2D eigenvalue weighted by atomic mass is 9.82. The monoisotopic (exact) mass is 400 g/mol. The van der Waals surface area contributed by atoms with Gasteiger partial charge in [0, 0.05) is 5.92 Å². The zero-order valence-electron chi connectivity index (χ0n) is 16.0. The highest BCUT2D eigenvalue weighted by Gasteiger charge is 2.53. The van der Waals surface area contributed by atoms with E-state index in [1.54, 1.807) is 0 Å². The molecule has 4 bridgehead atoms. The molecule has 4 aliphatic carbocycles. The molecule has 28 heavy (non-hydrogen) atoms. The van der Waals surface area contributed by atoms with Gasteiger partial charge in [-0.05, 0) is 68.6 Å². The Labute approximate surface area is 162 Å². The van der Waals surface area contributed by atoms with Crippen LogP contribution < -0.4 is 0 Å². The lowest BCUT2D eigenvalue weighted by Gasteiger charge is -2.37. The number of hydrogen-bond acceptors (Lipinski definition) is 4. The van der Waals surface area contributed by atoms with Gasteiger partial charge >= 0.3 is 18.1 Å². The first kappa shape index (κ1) is 19.8. The van der Waals surface area contributed by atoms with E-state index in [2.05, 4.69) is 6.08 Å². The maximum atomic E-state index is 12.8. The summed E-state index contributed by atoms with van der Waals surface area (Å²) in [6.07, 6.45) is 3.88. The van der Waals surface area contributed by atoms with Crippen molar-refractivity contribution in [2.24, 2.45) is 29.6 Å². The van der Waals surface area contributed by atoms with Crippen molar-refractivity contribution in [3.8, 4) is 0 Å². The van der Waals surface area contributed by atoms with Crippen LogP contribution >= 0.6 is 0 Å². The molecule has 0 radical (unpaired) electrons. The van der Waals surface area contributed by atoms with Crippen LogP contribution in [-0.2, 0) is 19.1 Å². The fraction of sp³-hybridized carbons (Fsp3) is 0.810. The minimum Gasteiger partial charge on any atom is -0.459 e. The zero-order valence-corrected chi connectivity index (χ0v) is 16.0. The number of alkyl halides is 3. The summed E-state index contributed by atoms with van der Waals surface area (Å²) in [4.78, 5) is 24.2. The summed E-state index contributed by atoms with van der Waals surface area (Å²) < 4.78 is 49.0. The van der Waals surface area contributed by atoms with Gasteiger partial charge in [-0.15, -0.1) is 0 Å². The molecule has 0 saturated heterocycles. The third-order valence-corrected chi connectivity index (χ3v) is 7.50. The van der Waals surface area contributed by atoms with Gasteiger partial charge in [0.1, 0.15) is 11.7 Å². The summed E-state index contributed by atoms with van der Waals surface area (Å²) in [5, 5.41) is 0. The molecule has 4 rings (SSSR count). The predicted molar refractivity (Wildman–Crippen MR) is 94.0 cm³/mol. The molecular formula is C21H27F3O4. The fourth-order valence-corrected chi connectivity index (χ4v) is 6.19. The van der Waals surface area contributed by atoms with E-state index >= 15 is 0 Å². The molecule has 3 fully saturated rings. The Morgan fingerprint density at radius 2 is 1.96 bits per heavy atom.